The molecule has 0 aliphatic carbocycles. The van der Waals surface area contributed by atoms with E-state index in [0.717, 1.165) is 5.56 Å². The van der Waals surface area contributed by atoms with Crippen LogP contribution in [0.4, 0.5) is 0 Å². The van der Waals surface area contributed by atoms with E-state index in [1.165, 1.54) is 16.4 Å². The number of rotatable bonds is 5. The van der Waals surface area contributed by atoms with Gasteiger partial charge in [-0.05, 0) is 36.2 Å². The predicted octanol–water partition coefficient (Wildman–Crippen LogP) is 2.60. The van der Waals surface area contributed by atoms with Gasteiger partial charge in [0.1, 0.15) is 0 Å². The van der Waals surface area contributed by atoms with E-state index < -0.39 is 10.0 Å². The molecule has 8 heteroatoms. The van der Waals surface area contributed by atoms with Crippen molar-refractivity contribution in [1.82, 2.24) is 9.62 Å². The number of carbonyl (C=O) groups is 1. The SMILES string of the molecule is Cc1ccc(S(=O)(=O)N2CCOCC2)cc1C(=O)NCc1ccccc1Cl. The van der Waals surface area contributed by atoms with Crippen LogP contribution in [0, 0.1) is 6.92 Å². The summed E-state index contributed by atoms with van der Waals surface area (Å²) in [6.45, 7) is 3.40. The average Bonchev–Trinajstić information content (AvgIpc) is 2.68. The number of hydrogen-bond donors (Lipinski definition) is 1. The van der Waals surface area contributed by atoms with Crippen molar-refractivity contribution < 1.29 is 17.9 Å². The molecule has 1 N–H and O–H groups in total. The summed E-state index contributed by atoms with van der Waals surface area (Å²) in [7, 11) is -3.66. The van der Waals surface area contributed by atoms with Crippen molar-refractivity contribution in [2.45, 2.75) is 18.4 Å². The summed E-state index contributed by atoms with van der Waals surface area (Å²) in [6.07, 6.45) is 0. The molecule has 1 aliphatic rings. The lowest BCUT2D eigenvalue weighted by molar-refractivity contribution is 0.0730. The normalized spacial score (nSPS) is 15.5. The standard InChI is InChI=1S/C19H21ClN2O4S/c1-14-6-7-16(27(24,25)22-8-10-26-11-9-22)12-17(14)19(23)21-13-15-4-2-3-5-18(15)20/h2-7,12H,8-11,13H2,1H3,(H,21,23). The highest BCUT2D eigenvalue weighted by molar-refractivity contribution is 7.89. The fraction of sp³-hybridized carbons (Fsp3) is 0.316. The fourth-order valence-electron chi connectivity index (χ4n) is 2.85. The number of amides is 1. The molecule has 3 rings (SSSR count). The number of aryl methyl sites for hydroxylation is 1. The molecule has 1 saturated heterocycles. The number of nitrogens with zero attached hydrogens (tertiary/aromatic N) is 1. The van der Waals surface area contributed by atoms with E-state index in [9.17, 15) is 13.2 Å². The Balaban J connectivity index is 1.80. The van der Waals surface area contributed by atoms with Gasteiger partial charge in [0.25, 0.3) is 5.91 Å². The van der Waals surface area contributed by atoms with Crippen LogP contribution in [0.3, 0.4) is 0 Å². The highest BCUT2D eigenvalue weighted by atomic mass is 35.5. The highest BCUT2D eigenvalue weighted by Crippen LogP contribution is 2.21. The molecule has 1 amide bonds. The Hall–Kier alpha value is -1.93. The van der Waals surface area contributed by atoms with Crippen molar-refractivity contribution in [3.05, 3.63) is 64.2 Å². The van der Waals surface area contributed by atoms with Crippen molar-refractivity contribution in [3.8, 4) is 0 Å². The topological polar surface area (TPSA) is 75.7 Å². The van der Waals surface area contributed by atoms with Crippen molar-refractivity contribution in [2.24, 2.45) is 0 Å². The zero-order valence-corrected chi connectivity index (χ0v) is 16.5. The number of halogens is 1. The second-order valence-electron chi connectivity index (χ2n) is 6.27. The molecule has 0 unspecified atom stereocenters. The Morgan fingerprint density at radius 1 is 1.19 bits per heavy atom. The van der Waals surface area contributed by atoms with Crippen molar-refractivity contribution in [2.75, 3.05) is 26.3 Å². The second kappa shape index (κ2) is 8.39. The molecule has 0 aromatic heterocycles. The van der Waals surface area contributed by atoms with E-state index in [0.29, 0.717) is 42.5 Å². The molecule has 27 heavy (non-hydrogen) atoms. The molecule has 0 saturated carbocycles. The largest absolute Gasteiger partial charge is 0.379 e. The van der Waals surface area contributed by atoms with Crippen LogP contribution in [0.25, 0.3) is 0 Å². The molecular weight excluding hydrogens is 388 g/mol. The van der Waals surface area contributed by atoms with Gasteiger partial charge in [0, 0.05) is 30.2 Å². The quantitative estimate of drug-likeness (QED) is 0.825. The summed E-state index contributed by atoms with van der Waals surface area (Å²) in [5.41, 5.74) is 1.83. The van der Waals surface area contributed by atoms with Crippen LogP contribution in [0.5, 0.6) is 0 Å². The molecule has 1 fully saturated rings. The highest BCUT2D eigenvalue weighted by Gasteiger charge is 2.27. The van der Waals surface area contributed by atoms with E-state index in [1.807, 2.05) is 18.2 Å². The number of sulfonamides is 1. The average molecular weight is 409 g/mol. The minimum absolute atomic E-state index is 0.109. The molecule has 0 spiro atoms. The minimum Gasteiger partial charge on any atom is -0.379 e. The van der Waals surface area contributed by atoms with E-state index in [-0.39, 0.29) is 17.3 Å². The van der Waals surface area contributed by atoms with Crippen LogP contribution in [0.1, 0.15) is 21.5 Å². The van der Waals surface area contributed by atoms with E-state index in [4.69, 9.17) is 16.3 Å². The van der Waals surface area contributed by atoms with Gasteiger partial charge in [-0.2, -0.15) is 4.31 Å². The number of hydrogen-bond acceptors (Lipinski definition) is 4. The van der Waals surface area contributed by atoms with E-state index in [2.05, 4.69) is 5.32 Å². The second-order valence-corrected chi connectivity index (χ2v) is 8.61. The number of ether oxygens (including phenoxy) is 1. The van der Waals surface area contributed by atoms with Gasteiger partial charge in [0.2, 0.25) is 10.0 Å². The van der Waals surface area contributed by atoms with Crippen LogP contribution in [0.2, 0.25) is 5.02 Å². The molecule has 2 aromatic rings. The lowest BCUT2D eigenvalue weighted by atomic mass is 10.1. The van der Waals surface area contributed by atoms with Gasteiger partial charge >= 0.3 is 0 Å². The van der Waals surface area contributed by atoms with Gasteiger partial charge in [-0.1, -0.05) is 35.9 Å². The van der Waals surface area contributed by atoms with E-state index in [1.54, 1.807) is 19.1 Å². The fourth-order valence-corrected chi connectivity index (χ4v) is 4.49. The van der Waals surface area contributed by atoms with Crippen LogP contribution < -0.4 is 5.32 Å². The van der Waals surface area contributed by atoms with Crippen molar-refractivity contribution in [3.63, 3.8) is 0 Å². The third-order valence-electron chi connectivity index (χ3n) is 4.46. The smallest absolute Gasteiger partial charge is 0.251 e. The Morgan fingerprint density at radius 2 is 1.89 bits per heavy atom. The van der Waals surface area contributed by atoms with Gasteiger partial charge < -0.3 is 10.1 Å². The molecule has 0 atom stereocenters. The number of morpholine rings is 1. The summed E-state index contributed by atoms with van der Waals surface area (Å²) < 4.78 is 32.2. The predicted molar refractivity (Wildman–Crippen MR) is 103 cm³/mol. The third kappa shape index (κ3) is 4.50. The Labute approximate surface area is 164 Å². The summed E-state index contributed by atoms with van der Waals surface area (Å²) in [5.74, 6) is -0.341. The molecule has 0 radical (unpaired) electrons. The van der Waals surface area contributed by atoms with E-state index >= 15 is 0 Å². The van der Waals surface area contributed by atoms with Gasteiger partial charge in [-0.3, -0.25) is 4.79 Å². The Kier molecular flexibility index (Phi) is 6.16. The molecule has 2 aromatic carbocycles. The first kappa shape index (κ1) is 19.8. The number of benzene rings is 2. The van der Waals surface area contributed by atoms with Crippen LogP contribution in [-0.2, 0) is 21.3 Å². The lowest BCUT2D eigenvalue weighted by Crippen LogP contribution is -2.40. The molecule has 0 bridgehead atoms. The third-order valence-corrected chi connectivity index (χ3v) is 6.72. The maximum atomic E-state index is 12.8. The monoisotopic (exact) mass is 408 g/mol. The van der Waals surface area contributed by atoms with Gasteiger partial charge in [0.15, 0.2) is 0 Å². The zero-order chi connectivity index (χ0) is 19.4. The molecule has 144 valence electrons. The maximum Gasteiger partial charge on any atom is 0.251 e. The molecule has 1 aliphatic heterocycles. The first-order valence-electron chi connectivity index (χ1n) is 8.60. The molecule has 6 nitrogen and oxygen atoms in total. The minimum atomic E-state index is -3.66. The van der Waals surface area contributed by atoms with Crippen LogP contribution >= 0.6 is 11.6 Å². The number of carbonyl (C=O) groups excluding carboxylic acids is 1. The Bertz CT molecular complexity index is 940. The Morgan fingerprint density at radius 3 is 2.59 bits per heavy atom. The summed E-state index contributed by atoms with van der Waals surface area (Å²) in [4.78, 5) is 12.7. The number of nitrogens with one attached hydrogen (secondary N) is 1. The van der Waals surface area contributed by atoms with Crippen LogP contribution in [-0.4, -0.2) is 44.9 Å². The zero-order valence-electron chi connectivity index (χ0n) is 14.9. The summed E-state index contributed by atoms with van der Waals surface area (Å²) in [5, 5.41) is 3.37. The van der Waals surface area contributed by atoms with Crippen LogP contribution in [0.15, 0.2) is 47.4 Å². The summed E-state index contributed by atoms with van der Waals surface area (Å²) in [6, 6.07) is 11.9. The first-order chi connectivity index (χ1) is 12.9. The molecular formula is C19H21ClN2O4S. The van der Waals surface area contributed by atoms with Gasteiger partial charge in [-0.15, -0.1) is 0 Å². The van der Waals surface area contributed by atoms with Crippen molar-refractivity contribution >= 4 is 27.5 Å². The van der Waals surface area contributed by atoms with Gasteiger partial charge in [-0.25, -0.2) is 8.42 Å². The lowest BCUT2D eigenvalue weighted by Gasteiger charge is -2.26. The van der Waals surface area contributed by atoms with Crippen molar-refractivity contribution in [1.29, 1.82) is 0 Å². The summed E-state index contributed by atoms with van der Waals surface area (Å²) >= 11 is 6.11. The maximum absolute atomic E-state index is 12.8. The first-order valence-corrected chi connectivity index (χ1v) is 10.4. The molecule has 1 heterocycles. The van der Waals surface area contributed by atoms with Gasteiger partial charge in [0.05, 0.1) is 18.1 Å².